The normalized spacial score (nSPS) is 12.6. The van der Waals surface area contributed by atoms with Crippen molar-refractivity contribution < 1.29 is 10.2 Å². The third kappa shape index (κ3) is 10.6. The van der Waals surface area contributed by atoms with E-state index in [2.05, 4.69) is 11.9 Å². The molecule has 1 aromatic heterocycles. The van der Waals surface area contributed by atoms with Gasteiger partial charge in [-0.3, -0.25) is 0 Å². The zero-order chi connectivity index (χ0) is 21.3. The van der Waals surface area contributed by atoms with Crippen LogP contribution in [0.15, 0.2) is 0 Å². The molecule has 0 amide bonds. The summed E-state index contributed by atoms with van der Waals surface area (Å²) < 4.78 is 1.88. The third-order valence-corrected chi connectivity index (χ3v) is 5.88. The number of rotatable bonds is 19. The number of nitrogens with two attached hydrogens (primary N) is 1. The molecule has 170 valence electrons. The van der Waals surface area contributed by atoms with Gasteiger partial charge in [-0.05, 0) is 13.3 Å². The smallest absolute Gasteiger partial charge is 0.110 e. The van der Waals surface area contributed by atoms with Crippen molar-refractivity contribution in [2.24, 2.45) is 5.73 Å². The summed E-state index contributed by atoms with van der Waals surface area (Å²) in [7, 11) is 0. The van der Waals surface area contributed by atoms with E-state index in [0.29, 0.717) is 11.4 Å². The van der Waals surface area contributed by atoms with Gasteiger partial charge in [-0.15, -0.1) is 0 Å². The van der Waals surface area contributed by atoms with Gasteiger partial charge in [-0.1, -0.05) is 96.8 Å². The van der Waals surface area contributed by atoms with Crippen molar-refractivity contribution in [1.29, 1.82) is 0 Å². The van der Waals surface area contributed by atoms with E-state index in [4.69, 9.17) is 5.73 Å². The van der Waals surface area contributed by atoms with E-state index in [-0.39, 0.29) is 19.4 Å². The quantitative estimate of drug-likeness (QED) is 0.254. The van der Waals surface area contributed by atoms with Crippen molar-refractivity contribution in [3.8, 4) is 0 Å². The molecule has 0 saturated carbocycles. The Morgan fingerprint density at radius 2 is 1.21 bits per heavy atom. The standard InChI is InChI=1S/C24H47N3O2/c1-3-4-5-6-7-8-9-10-11-12-13-14-15-16-17-18-24-26-22(19-28)23(20-29)27(24)21(2)25/h21,28-29H,3-20,25H2,1-2H3. The molecule has 1 heterocycles. The lowest BCUT2D eigenvalue weighted by Crippen LogP contribution is -2.20. The number of imidazole rings is 1. The molecule has 0 radical (unpaired) electrons. The predicted molar refractivity (Wildman–Crippen MR) is 122 cm³/mol. The maximum absolute atomic E-state index is 9.57. The van der Waals surface area contributed by atoms with Gasteiger partial charge in [0.2, 0.25) is 0 Å². The first-order valence-electron chi connectivity index (χ1n) is 12.2. The molecule has 0 aliphatic rings. The van der Waals surface area contributed by atoms with E-state index in [9.17, 15) is 10.2 Å². The molecule has 1 rings (SSSR count). The Balaban J connectivity index is 2.04. The number of nitrogens with zero attached hydrogens (tertiary/aromatic N) is 2. The summed E-state index contributed by atoms with van der Waals surface area (Å²) in [5.74, 6) is 0.891. The number of aromatic nitrogens is 2. The van der Waals surface area contributed by atoms with Crippen molar-refractivity contribution in [2.45, 2.75) is 136 Å². The number of hydrogen-bond donors (Lipinski definition) is 3. The Morgan fingerprint density at radius 1 is 0.759 bits per heavy atom. The number of hydrogen-bond acceptors (Lipinski definition) is 4. The Bertz CT molecular complexity index is 514. The molecular weight excluding hydrogens is 362 g/mol. The molecule has 1 unspecified atom stereocenters. The Morgan fingerprint density at radius 3 is 1.59 bits per heavy atom. The van der Waals surface area contributed by atoms with Crippen molar-refractivity contribution in [3.05, 3.63) is 17.2 Å². The van der Waals surface area contributed by atoms with Gasteiger partial charge in [-0.2, -0.15) is 0 Å². The molecule has 1 aromatic rings. The van der Waals surface area contributed by atoms with Crippen LogP contribution >= 0.6 is 0 Å². The van der Waals surface area contributed by atoms with Crippen LogP contribution < -0.4 is 5.73 Å². The number of unbranched alkanes of at least 4 members (excludes halogenated alkanes) is 14. The zero-order valence-corrected chi connectivity index (χ0v) is 19.2. The van der Waals surface area contributed by atoms with Crippen molar-refractivity contribution in [1.82, 2.24) is 9.55 Å². The Kier molecular flexibility index (Phi) is 15.2. The van der Waals surface area contributed by atoms with Gasteiger partial charge in [0, 0.05) is 6.42 Å². The van der Waals surface area contributed by atoms with Crippen LogP contribution in [-0.4, -0.2) is 19.8 Å². The van der Waals surface area contributed by atoms with E-state index < -0.39 is 0 Å². The molecule has 5 nitrogen and oxygen atoms in total. The second kappa shape index (κ2) is 16.8. The molecule has 29 heavy (non-hydrogen) atoms. The van der Waals surface area contributed by atoms with Crippen LogP contribution in [-0.2, 0) is 19.6 Å². The number of aliphatic hydroxyl groups excluding tert-OH is 2. The van der Waals surface area contributed by atoms with Crippen LogP contribution in [0.1, 0.15) is 134 Å². The van der Waals surface area contributed by atoms with Crippen LogP contribution in [0.2, 0.25) is 0 Å². The highest BCUT2D eigenvalue weighted by atomic mass is 16.3. The van der Waals surface area contributed by atoms with Gasteiger partial charge in [0.05, 0.1) is 30.8 Å². The topological polar surface area (TPSA) is 84.3 Å². The van der Waals surface area contributed by atoms with E-state index in [1.54, 1.807) is 0 Å². The first kappa shape index (κ1) is 26.1. The summed E-state index contributed by atoms with van der Waals surface area (Å²) in [5, 5.41) is 19.0. The largest absolute Gasteiger partial charge is 0.390 e. The summed E-state index contributed by atoms with van der Waals surface area (Å²) >= 11 is 0. The summed E-state index contributed by atoms with van der Waals surface area (Å²) in [4.78, 5) is 4.50. The van der Waals surface area contributed by atoms with Crippen LogP contribution in [0.5, 0.6) is 0 Å². The summed E-state index contributed by atoms with van der Waals surface area (Å²) in [6.45, 7) is 3.88. The van der Waals surface area contributed by atoms with Gasteiger partial charge in [-0.25, -0.2) is 4.98 Å². The van der Waals surface area contributed by atoms with Gasteiger partial charge in [0.25, 0.3) is 0 Å². The minimum atomic E-state index is -0.240. The molecule has 0 fully saturated rings. The molecule has 0 aliphatic carbocycles. The molecule has 0 aromatic carbocycles. The highest BCUT2D eigenvalue weighted by molar-refractivity contribution is 5.17. The fourth-order valence-corrected chi connectivity index (χ4v) is 4.17. The lowest BCUT2D eigenvalue weighted by Gasteiger charge is -2.15. The zero-order valence-electron chi connectivity index (χ0n) is 19.2. The van der Waals surface area contributed by atoms with Crippen molar-refractivity contribution >= 4 is 0 Å². The maximum Gasteiger partial charge on any atom is 0.110 e. The van der Waals surface area contributed by atoms with Crippen molar-refractivity contribution in [3.63, 3.8) is 0 Å². The molecule has 4 N–H and O–H groups in total. The molecule has 0 aliphatic heterocycles. The molecule has 0 spiro atoms. The fraction of sp³-hybridized carbons (Fsp3) is 0.875. The predicted octanol–water partition coefficient (Wildman–Crippen LogP) is 5.76. The van der Waals surface area contributed by atoms with Crippen LogP contribution in [0, 0.1) is 0 Å². The fourth-order valence-electron chi connectivity index (χ4n) is 4.17. The first-order chi connectivity index (χ1) is 14.2. The van der Waals surface area contributed by atoms with E-state index in [0.717, 1.165) is 18.7 Å². The average Bonchev–Trinajstić information content (AvgIpc) is 3.08. The number of aryl methyl sites for hydroxylation is 1. The number of aliphatic hydroxyl groups is 2. The molecule has 0 bridgehead atoms. The van der Waals surface area contributed by atoms with Gasteiger partial charge >= 0.3 is 0 Å². The lowest BCUT2D eigenvalue weighted by atomic mass is 10.0. The maximum atomic E-state index is 9.57. The van der Waals surface area contributed by atoms with Crippen LogP contribution in [0.25, 0.3) is 0 Å². The Hall–Kier alpha value is -0.910. The SMILES string of the molecule is CCCCCCCCCCCCCCCCCc1nc(CO)c(CO)n1C(C)N. The second-order valence-electron chi connectivity index (χ2n) is 8.55. The van der Waals surface area contributed by atoms with Gasteiger partial charge in [0.15, 0.2) is 0 Å². The lowest BCUT2D eigenvalue weighted by molar-refractivity contribution is 0.248. The molecule has 5 heteroatoms. The third-order valence-electron chi connectivity index (χ3n) is 5.88. The minimum absolute atomic E-state index is 0.136. The van der Waals surface area contributed by atoms with Crippen LogP contribution in [0.3, 0.4) is 0 Å². The second-order valence-corrected chi connectivity index (χ2v) is 8.55. The minimum Gasteiger partial charge on any atom is -0.390 e. The molecular formula is C24H47N3O2. The van der Waals surface area contributed by atoms with Crippen LogP contribution in [0.4, 0.5) is 0 Å². The van der Waals surface area contributed by atoms with E-state index in [1.165, 1.54) is 89.9 Å². The molecule has 0 saturated heterocycles. The first-order valence-corrected chi connectivity index (χ1v) is 12.2. The van der Waals surface area contributed by atoms with Crippen molar-refractivity contribution in [2.75, 3.05) is 0 Å². The monoisotopic (exact) mass is 409 g/mol. The highest BCUT2D eigenvalue weighted by Crippen LogP contribution is 2.19. The summed E-state index contributed by atoms with van der Waals surface area (Å²) in [5.41, 5.74) is 7.25. The highest BCUT2D eigenvalue weighted by Gasteiger charge is 2.17. The van der Waals surface area contributed by atoms with E-state index in [1.807, 2.05) is 11.5 Å². The van der Waals surface area contributed by atoms with Gasteiger partial charge in [0.1, 0.15) is 5.82 Å². The molecule has 1 atom stereocenters. The summed E-state index contributed by atoms with van der Waals surface area (Å²) in [6.07, 6.45) is 20.9. The average molecular weight is 410 g/mol. The Labute approximate surface area is 179 Å². The van der Waals surface area contributed by atoms with Gasteiger partial charge < -0.3 is 20.5 Å². The van der Waals surface area contributed by atoms with E-state index >= 15 is 0 Å². The summed E-state index contributed by atoms with van der Waals surface area (Å²) in [6, 6.07) is 0.